The Balaban J connectivity index is 2.49. The van der Waals surface area contributed by atoms with Gasteiger partial charge in [-0.25, -0.2) is 0 Å². The molecule has 0 aromatic heterocycles. The van der Waals surface area contributed by atoms with Gasteiger partial charge in [0, 0.05) is 26.1 Å². The van der Waals surface area contributed by atoms with Crippen LogP contribution in [0.1, 0.15) is 18.9 Å². The maximum atomic E-state index is 11.1. The van der Waals surface area contributed by atoms with E-state index in [1.807, 2.05) is 18.2 Å². The third-order valence-electron chi connectivity index (χ3n) is 3.11. The molecule has 0 aliphatic heterocycles. The van der Waals surface area contributed by atoms with E-state index in [4.69, 9.17) is 9.47 Å². The van der Waals surface area contributed by atoms with Crippen LogP contribution in [0.2, 0.25) is 0 Å². The summed E-state index contributed by atoms with van der Waals surface area (Å²) in [5, 5.41) is 5.94. The van der Waals surface area contributed by atoms with Gasteiger partial charge in [0.15, 0.2) is 11.5 Å². The first-order valence-corrected chi connectivity index (χ1v) is 6.75. The molecule has 1 atom stereocenters. The molecule has 0 spiro atoms. The van der Waals surface area contributed by atoms with Gasteiger partial charge in [-0.1, -0.05) is 6.07 Å². The molecule has 0 saturated carbocycles. The first-order valence-electron chi connectivity index (χ1n) is 6.75. The standard InChI is InChI=1S/C15H24N2O3/c1-11(17-8-7-15(18)16-2)9-12-5-6-13(19-3)14(10-12)20-4/h5-6,10-11,17H,7-9H2,1-4H3,(H,16,18). The quantitative estimate of drug-likeness (QED) is 0.755. The number of carbonyl (C=O) groups is 1. The lowest BCUT2D eigenvalue weighted by atomic mass is 10.1. The summed E-state index contributed by atoms with van der Waals surface area (Å²) in [6.45, 7) is 2.77. The van der Waals surface area contributed by atoms with Gasteiger partial charge in [0.1, 0.15) is 0 Å². The number of rotatable bonds is 8. The average Bonchev–Trinajstić information content (AvgIpc) is 2.46. The summed E-state index contributed by atoms with van der Waals surface area (Å²) in [5.41, 5.74) is 1.17. The molecule has 0 fully saturated rings. The molecule has 1 aromatic carbocycles. The average molecular weight is 280 g/mol. The molecule has 5 nitrogen and oxygen atoms in total. The van der Waals surface area contributed by atoms with Crippen LogP contribution in [0.4, 0.5) is 0 Å². The Morgan fingerprint density at radius 2 is 1.95 bits per heavy atom. The summed E-state index contributed by atoms with van der Waals surface area (Å²) in [7, 11) is 4.91. The molecule has 1 unspecified atom stereocenters. The fraction of sp³-hybridized carbons (Fsp3) is 0.533. The minimum atomic E-state index is 0.0517. The van der Waals surface area contributed by atoms with E-state index in [0.29, 0.717) is 13.0 Å². The van der Waals surface area contributed by atoms with Gasteiger partial charge in [-0.2, -0.15) is 0 Å². The minimum absolute atomic E-state index is 0.0517. The van der Waals surface area contributed by atoms with Gasteiger partial charge < -0.3 is 20.1 Å². The summed E-state index contributed by atoms with van der Waals surface area (Å²) in [5.74, 6) is 1.52. The van der Waals surface area contributed by atoms with E-state index in [-0.39, 0.29) is 11.9 Å². The van der Waals surface area contributed by atoms with Crippen molar-refractivity contribution >= 4 is 5.91 Å². The summed E-state index contributed by atoms with van der Waals surface area (Å²) in [4.78, 5) is 11.1. The second-order valence-electron chi connectivity index (χ2n) is 4.67. The molecule has 0 saturated heterocycles. The topological polar surface area (TPSA) is 59.6 Å². The number of hydrogen-bond acceptors (Lipinski definition) is 4. The third-order valence-corrected chi connectivity index (χ3v) is 3.11. The van der Waals surface area contributed by atoms with E-state index < -0.39 is 0 Å². The molecule has 0 heterocycles. The molecule has 112 valence electrons. The minimum Gasteiger partial charge on any atom is -0.493 e. The molecule has 20 heavy (non-hydrogen) atoms. The fourth-order valence-corrected chi connectivity index (χ4v) is 1.99. The van der Waals surface area contributed by atoms with E-state index in [0.717, 1.165) is 17.9 Å². The zero-order valence-corrected chi connectivity index (χ0v) is 12.7. The van der Waals surface area contributed by atoms with Crippen molar-refractivity contribution in [1.29, 1.82) is 0 Å². The molecular formula is C15H24N2O3. The van der Waals surface area contributed by atoms with Crippen molar-refractivity contribution in [3.63, 3.8) is 0 Å². The van der Waals surface area contributed by atoms with Gasteiger partial charge in [-0.3, -0.25) is 4.79 Å². The predicted octanol–water partition coefficient (Wildman–Crippen LogP) is 1.36. The lowest BCUT2D eigenvalue weighted by molar-refractivity contribution is -0.120. The van der Waals surface area contributed by atoms with Gasteiger partial charge in [0.2, 0.25) is 5.91 Å². The van der Waals surface area contributed by atoms with E-state index in [2.05, 4.69) is 17.6 Å². The highest BCUT2D eigenvalue weighted by atomic mass is 16.5. The van der Waals surface area contributed by atoms with E-state index in [9.17, 15) is 4.79 Å². The Morgan fingerprint density at radius 3 is 2.55 bits per heavy atom. The zero-order valence-electron chi connectivity index (χ0n) is 12.7. The van der Waals surface area contributed by atoms with Crippen molar-refractivity contribution < 1.29 is 14.3 Å². The smallest absolute Gasteiger partial charge is 0.221 e. The lowest BCUT2D eigenvalue weighted by Gasteiger charge is -2.15. The number of benzene rings is 1. The van der Waals surface area contributed by atoms with Crippen LogP contribution < -0.4 is 20.1 Å². The number of ether oxygens (including phenoxy) is 2. The molecule has 1 amide bonds. The van der Waals surface area contributed by atoms with Crippen LogP contribution in [0.25, 0.3) is 0 Å². The first kappa shape index (κ1) is 16.3. The normalized spacial score (nSPS) is 11.8. The van der Waals surface area contributed by atoms with Crippen LogP contribution in [0, 0.1) is 0 Å². The highest BCUT2D eigenvalue weighted by Gasteiger charge is 2.08. The number of carbonyl (C=O) groups excluding carboxylic acids is 1. The lowest BCUT2D eigenvalue weighted by Crippen LogP contribution is -2.32. The van der Waals surface area contributed by atoms with Crippen molar-refractivity contribution in [3.8, 4) is 11.5 Å². The van der Waals surface area contributed by atoms with Crippen molar-refractivity contribution in [1.82, 2.24) is 10.6 Å². The third kappa shape index (κ3) is 5.09. The zero-order chi connectivity index (χ0) is 15.0. The van der Waals surface area contributed by atoms with Gasteiger partial charge in [0.05, 0.1) is 14.2 Å². The molecule has 0 radical (unpaired) electrons. The van der Waals surface area contributed by atoms with Gasteiger partial charge >= 0.3 is 0 Å². The van der Waals surface area contributed by atoms with E-state index in [1.54, 1.807) is 21.3 Å². The maximum absolute atomic E-state index is 11.1. The fourth-order valence-electron chi connectivity index (χ4n) is 1.99. The number of hydrogen-bond donors (Lipinski definition) is 2. The Kier molecular flexibility index (Phi) is 6.87. The number of nitrogens with one attached hydrogen (secondary N) is 2. The van der Waals surface area contributed by atoms with Crippen LogP contribution in [-0.4, -0.2) is 39.8 Å². The molecule has 1 rings (SSSR count). The van der Waals surface area contributed by atoms with Gasteiger partial charge in [0.25, 0.3) is 0 Å². The van der Waals surface area contributed by atoms with Crippen molar-refractivity contribution in [2.24, 2.45) is 0 Å². The monoisotopic (exact) mass is 280 g/mol. The van der Waals surface area contributed by atoms with Crippen molar-refractivity contribution in [3.05, 3.63) is 23.8 Å². The highest BCUT2D eigenvalue weighted by Crippen LogP contribution is 2.27. The molecular weight excluding hydrogens is 256 g/mol. The largest absolute Gasteiger partial charge is 0.493 e. The molecule has 1 aromatic rings. The maximum Gasteiger partial charge on any atom is 0.221 e. The van der Waals surface area contributed by atoms with Crippen LogP contribution in [0.3, 0.4) is 0 Å². The Morgan fingerprint density at radius 1 is 1.25 bits per heavy atom. The summed E-state index contributed by atoms with van der Waals surface area (Å²) < 4.78 is 10.5. The second-order valence-corrected chi connectivity index (χ2v) is 4.67. The van der Waals surface area contributed by atoms with E-state index in [1.165, 1.54) is 5.56 Å². The predicted molar refractivity (Wildman–Crippen MR) is 79.4 cm³/mol. The number of methoxy groups -OCH3 is 2. The van der Waals surface area contributed by atoms with Gasteiger partial charge in [-0.15, -0.1) is 0 Å². The molecule has 0 aliphatic rings. The van der Waals surface area contributed by atoms with E-state index >= 15 is 0 Å². The van der Waals surface area contributed by atoms with Gasteiger partial charge in [-0.05, 0) is 31.0 Å². The summed E-state index contributed by atoms with van der Waals surface area (Å²) in [6, 6.07) is 6.21. The number of amides is 1. The molecule has 0 aliphatic carbocycles. The molecule has 0 bridgehead atoms. The van der Waals surface area contributed by atoms with Crippen molar-refractivity contribution in [2.45, 2.75) is 25.8 Å². The Bertz CT molecular complexity index is 435. The first-order chi connectivity index (χ1) is 9.60. The van der Waals surface area contributed by atoms with Crippen LogP contribution in [-0.2, 0) is 11.2 Å². The highest BCUT2D eigenvalue weighted by molar-refractivity contribution is 5.75. The Labute approximate surface area is 120 Å². The van der Waals surface area contributed by atoms with Crippen molar-refractivity contribution in [2.75, 3.05) is 27.8 Å². The molecule has 5 heteroatoms. The SMILES string of the molecule is CNC(=O)CCNC(C)Cc1ccc(OC)c(OC)c1. The Hall–Kier alpha value is -1.75. The van der Waals surface area contributed by atoms with Crippen LogP contribution >= 0.6 is 0 Å². The molecule has 2 N–H and O–H groups in total. The summed E-state index contributed by atoms with van der Waals surface area (Å²) in [6.07, 6.45) is 1.36. The summed E-state index contributed by atoms with van der Waals surface area (Å²) >= 11 is 0. The second kappa shape index (κ2) is 8.43. The van der Waals surface area contributed by atoms with Crippen LogP contribution in [0.5, 0.6) is 11.5 Å². The van der Waals surface area contributed by atoms with Crippen LogP contribution in [0.15, 0.2) is 18.2 Å².